The molecular weight excluding hydrogens is 1630 g/mol. The summed E-state index contributed by atoms with van der Waals surface area (Å²) in [5, 5.41) is 36.4. The van der Waals surface area contributed by atoms with Crippen LogP contribution >= 0.6 is 45.3 Å². The van der Waals surface area contributed by atoms with Gasteiger partial charge in [-0.25, -0.2) is 0 Å². The van der Waals surface area contributed by atoms with E-state index in [4.69, 9.17) is 4.42 Å². The van der Waals surface area contributed by atoms with Crippen LogP contribution in [0.5, 0.6) is 0 Å². The van der Waals surface area contributed by atoms with Crippen molar-refractivity contribution >= 4 is 296 Å². The average molecular weight is 1700 g/mol. The molecule has 5 heterocycles. The Morgan fingerprint density at radius 3 is 0.828 bits per heavy atom. The highest BCUT2D eigenvalue weighted by molar-refractivity contribution is 7.28. The maximum Gasteiger partial charge on any atom is 0.137 e. The largest absolute Gasteiger partial charge is 0.456 e. The third-order valence-corrected chi connectivity index (χ3v) is 30.8. The van der Waals surface area contributed by atoms with Gasteiger partial charge in [-0.2, -0.15) is 0 Å². The Bertz CT molecular complexity index is 8950. The van der Waals surface area contributed by atoms with E-state index in [-0.39, 0.29) is 0 Å². The summed E-state index contributed by atoms with van der Waals surface area (Å²) in [4.78, 5) is 7.12. The average Bonchev–Trinajstić information content (AvgIpc) is 1.49. The molecule has 0 aliphatic rings. The summed E-state index contributed by atoms with van der Waals surface area (Å²) in [6.07, 6.45) is 0. The van der Waals surface area contributed by atoms with Crippen LogP contribution in [0.15, 0.2) is 447 Å². The number of hydrogen-bond acceptors (Lipinski definition) is 8. The molecule has 0 N–H and O–H groups in total. The third kappa shape index (κ3) is 11.8. The molecule has 8 heteroatoms. The number of anilines is 9. The number of thiophene rings is 4. The van der Waals surface area contributed by atoms with E-state index in [1.165, 1.54) is 183 Å². The number of furan rings is 1. The summed E-state index contributed by atoms with van der Waals surface area (Å²) in [6, 6.07) is 161. The maximum absolute atomic E-state index is 6.31. The van der Waals surface area contributed by atoms with E-state index >= 15 is 0 Å². The lowest BCUT2D eigenvalue weighted by molar-refractivity contribution is 0.669. The van der Waals surface area contributed by atoms with Crippen molar-refractivity contribution in [1.82, 2.24) is 0 Å². The summed E-state index contributed by atoms with van der Waals surface area (Å²) >= 11 is 7.58. The summed E-state index contributed by atoms with van der Waals surface area (Å²) in [5.41, 5.74) is 12.1. The zero-order valence-electron chi connectivity index (χ0n) is 69.0. The first-order valence-electron chi connectivity index (χ1n) is 43.5. The fourth-order valence-corrected chi connectivity index (χ4v) is 25.5. The van der Waals surface area contributed by atoms with E-state index in [2.05, 4.69) is 445 Å². The van der Waals surface area contributed by atoms with E-state index in [1.807, 2.05) is 57.5 Å². The Hall–Kier alpha value is -15.5. The van der Waals surface area contributed by atoms with Gasteiger partial charge in [-0.3, -0.25) is 0 Å². The molecule has 0 unspecified atom stereocenters. The van der Waals surface area contributed by atoms with Gasteiger partial charge in [-0.15, -0.1) is 45.3 Å². The smallest absolute Gasteiger partial charge is 0.137 e. The molecule has 128 heavy (non-hydrogen) atoms. The van der Waals surface area contributed by atoms with Gasteiger partial charge < -0.3 is 19.1 Å². The summed E-state index contributed by atoms with van der Waals surface area (Å²) in [6.45, 7) is 0. The molecule has 0 radical (unpaired) electrons. The van der Waals surface area contributed by atoms with Gasteiger partial charge in [0.25, 0.3) is 0 Å². The van der Waals surface area contributed by atoms with Crippen LogP contribution in [-0.2, 0) is 0 Å². The van der Waals surface area contributed by atoms with Crippen LogP contribution in [0.3, 0.4) is 0 Å². The van der Waals surface area contributed by atoms with Gasteiger partial charge in [-0.05, 0) is 220 Å². The molecule has 28 aromatic rings. The van der Waals surface area contributed by atoms with Crippen molar-refractivity contribution in [3.8, 4) is 0 Å². The number of hydrogen-bond donors (Lipinski definition) is 0. The lowest BCUT2D eigenvalue weighted by Crippen LogP contribution is -2.10. The van der Waals surface area contributed by atoms with Crippen molar-refractivity contribution in [2.75, 3.05) is 14.7 Å². The molecule has 0 saturated heterocycles. The molecule has 598 valence electrons. The normalized spacial score (nSPS) is 11.9. The molecule has 4 nitrogen and oxygen atoms in total. The zero-order chi connectivity index (χ0) is 84.0. The molecule has 28 rings (SSSR count). The molecule has 0 bridgehead atoms. The first-order chi connectivity index (χ1) is 63.5. The van der Waals surface area contributed by atoms with Crippen molar-refractivity contribution in [2.45, 2.75) is 0 Å². The third-order valence-electron chi connectivity index (χ3n) is 26.0. The predicted octanol–water partition coefficient (Wildman–Crippen LogP) is 37.2. The minimum atomic E-state index is 0.889. The molecular formula is C120H73N3OS4. The molecule has 0 aliphatic carbocycles. The topological polar surface area (TPSA) is 22.9 Å². The minimum absolute atomic E-state index is 0.889. The minimum Gasteiger partial charge on any atom is -0.456 e. The van der Waals surface area contributed by atoms with Crippen molar-refractivity contribution in [1.29, 1.82) is 0 Å². The summed E-state index contributed by atoms with van der Waals surface area (Å²) in [7, 11) is 0. The van der Waals surface area contributed by atoms with Gasteiger partial charge in [0.1, 0.15) is 11.2 Å². The molecule has 5 aromatic heterocycles. The van der Waals surface area contributed by atoms with Gasteiger partial charge in [0.05, 0.1) is 16.8 Å². The Morgan fingerprint density at radius 2 is 0.430 bits per heavy atom. The molecule has 0 amide bonds. The van der Waals surface area contributed by atoms with Crippen molar-refractivity contribution in [3.05, 3.63) is 443 Å². The first-order valence-corrected chi connectivity index (χ1v) is 46.8. The highest BCUT2D eigenvalue weighted by atomic mass is 32.1. The van der Waals surface area contributed by atoms with E-state index in [9.17, 15) is 0 Å². The van der Waals surface area contributed by atoms with Crippen LogP contribution in [-0.4, -0.2) is 0 Å². The number of rotatable bonds is 9. The van der Waals surface area contributed by atoms with Gasteiger partial charge in [0.15, 0.2) is 0 Å². The monoisotopic (exact) mass is 1700 g/mol. The van der Waals surface area contributed by atoms with E-state index < -0.39 is 0 Å². The van der Waals surface area contributed by atoms with Crippen LogP contribution in [0.25, 0.3) is 200 Å². The standard InChI is InChI=1S/C42H25NOS.C42H25NS2.C36H23NS/c1-2-11-27(12-3-1)43(35-17-10-19-37-41(35)32-15-6-8-18-36(32)44-37)28-22-24-29-26(25-28)21-23-34-39(29)30-13-4-5-14-31(30)42-40(34)33-16-7-9-20-38(33)45-42;1-2-11-27(12-3-1)43(35-17-10-20-38-41(35)33-16-7-8-18-36(33)44-38)28-22-24-29-26(25-28)21-23-34-39(29)30-13-4-5-14-31(30)42-40(34)32-15-6-9-19-37(32)45-42;1-3-11-25(12-4-1)37(26-13-5-2-6-14-26)27-20-22-28-24(23-27)19-21-32-34(28)29-15-7-8-16-30(29)36-35(32)31-17-9-10-18-33(31)38-36/h2*1-25H;1-23H. The van der Waals surface area contributed by atoms with Gasteiger partial charge in [-0.1, -0.05) is 303 Å². The van der Waals surface area contributed by atoms with Gasteiger partial charge in [0, 0.05) is 142 Å². The SMILES string of the molecule is c1ccc(N(c2ccc3c(ccc4c3c3ccccc3c3sc5ccccc5c43)c2)c2cccc3oc4ccccc4c23)cc1.c1ccc(N(c2ccc3c(ccc4c3c3ccccc3c3sc5ccccc5c43)c2)c2cccc3sc4ccccc4c23)cc1.c1ccc(N(c2ccccc2)c2ccc3c(ccc4c3c3ccccc3c3sc5ccccc5c43)c2)cc1. The first kappa shape index (κ1) is 74.0. The number of nitrogens with zero attached hydrogens (tertiary/aromatic N) is 3. The number of fused-ring (bicyclic) bond motifs is 36. The Morgan fingerprint density at radius 1 is 0.148 bits per heavy atom. The van der Waals surface area contributed by atoms with Crippen LogP contribution in [0.2, 0.25) is 0 Å². The molecule has 0 spiro atoms. The second-order valence-corrected chi connectivity index (χ2v) is 37.3. The number of para-hydroxylation sites is 5. The summed E-state index contributed by atoms with van der Waals surface area (Å²) < 4.78 is 17.1. The van der Waals surface area contributed by atoms with Crippen LogP contribution in [0.1, 0.15) is 0 Å². The maximum atomic E-state index is 6.31. The predicted molar refractivity (Wildman–Crippen MR) is 560 cm³/mol. The molecule has 0 aliphatic heterocycles. The zero-order valence-corrected chi connectivity index (χ0v) is 72.3. The van der Waals surface area contributed by atoms with E-state index in [0.717, 1.165) is 67.4 Å². The summed E-state index contributed by atoms with van der Waals surface area (Å²) in [5.74, 6) is 0. The van der Waals surface area contributed by atoms with Crippen molar-refractivity contribution in [3.63, 3.8) is 0 Å². The quantitative estimate of drug-likeness (QED) is 0.134. The fraction of sp³-hybridized carbons (Fsp3) is 0. The highest BCUT2D eigenvalue weighted by Crippen LogP contribution is 2.54. The molecule has 0 fully saturated rings. The molecule has 0 atom stereocenters. The highest BCUT2D eigenvalue weighted by Gasteiger charge is 2.26. The second kappa shape index (κ2) is 30.1. The Kier molecular flexibility index (Phi) is 17.4. The molecule has 0 saturated carbocycles. The lowest BCUT2D eigenvalue weighted by Gasteiger charge is -2.27. The van der Waals surface area contributed by atoms with Crippen LogP contribution < -0.4 is 14.7 Å². The van der Waals surface area contributed by atoms with Crippen LogP contribution in [0.4, 0.5) is 51.2 Å². The lowest BCUT2D eigenvalue weighted by atomic mass is 9.93. The van der Waals surface area contributed by atoms with Gasteiger partial charge >= 0.3 is 0 Å². The second-order valence-electron chi connectivity index (χ2n) is 33.1. The van der Waals surface area contributed by atoms with E-state index in [1.54, 1.807) is 0 Å². The van der Waals surface area contributed by atoms with Crippen molar-refractivity contribution < 1.29 is 4.42 Å². The van der Waals surface area contributed by atoms with Gasteiger partial charge in [0.2, 0.25) is 0 Å². The Balaban J connectivity index is 0.000000102. The van der Waals surface area contributed by atoms with Crippen molar-refractivity contribution in [2.24, 2.45) is 0 Å². The number of benzene rings is 23. The fourth-order valence-electron chi connectivity index (χ4n) is 20.6. The van der Waals surface area contributed by atoms with Crippen LogP contribution in [0, 0.1) is 0 Å². The molecule has 23 aromatic carbocycles. The van der Waals surface area contributed by atoms with E-state index in [0.29, 0.717) is 0 Å². The Labute approximate surface area is 751 Å².